The van der Waals surface area contributed by atoms with Gasteiger partial charge in [-0.3, -0.25) is 4.79 Å². The van der Waals surface area contributed by atoms with E-state index in [-0.39, 0.29) is 12.3 Å². The number of hydrogen-bond acceptors (Lipinski definition) is 6. The second kappa shape index (κ2) is 8.15. The number of ether oxygens (including phenoxy) is 2. The van der Waals surface area contributed by atoms with Crippen LogP contribution in [-0.2, 0) is 11.2 Å². The third-order valence-corrected chi connectivity index (χ3v) is 3.72. The van der Waals surface area contributed by atoms with Crippen molar-refractivity contribution < 1.29 is 18.7 Å². The van der Waals surface area contributed by atoms with Crippen molar-refractivity contribution in [2.24, 2.45) is 0 Å². The number of benzene rings is 2. The Morgan fingerprint density at radius 1 is 1.04 bits per heavy atom. The van der Waals surface area contributed by atoms with Crippen LogP contribution >= 0.6 is 0 Å². The molecule has 1 heterocycles. The van der Waals surface area contributed by atoms with Crippen LogP contribution in [0.25, 0.3) is 11.5 Å². The molecule has 3 aromatic rings. The van der Waals surface area contributed by atoms with E-state index in [9.17, 15) is 4.79 Å². The van der Waals surface area contributed by atoms with E-state index in [1.54, 1.807) is 38.5 Å². The number of anilines is 1. The molecule has 26 heavy (non-hydrogen) atoms. The summed E-state index contributed by atoms with van der Waals surface area (Å²) in [6.45, 7) is 0. The second-order valence-electron chi connectivity index (χ2n) is 5.51. The first-order valence-corrected chi connectivity index (χ1v) is 8.08. The van der Waals surface area contributed by atoms with Crippen molar-refractivity contribution in [1.82, 2.24) is 10.2 Å². The van der Waals surface area contributed by atoms with Gasteiger partial charge in [0.2, 0.25) is 17.7 Å². The molecule has 0 aliphatic heterocycles. The average Bonchev–Trinajstić information content (AvgIpc) is 3.16. The zero-order chi connectivity index (χ0) is 18.4. The molecule has 0 saturated heterocycles. The Bertz CT molecular complexity index is 875. The second-order valence-corrected chi connectivity index (χ2v) is 5.51. The number of nitrogens with one attached hydrogen (secondary N) is 1. The van der Waals surface area contributed by atoms with Gasteiger partial charge < -0.3 is 19.2 Å². The molecule has 0 fully saturated rings. The largest absolute Gasteiger partial charge is 0.497 e. The summed E-state index contributed by atoms with van der Waals surface area (Å²) in [6, 6.07) is 14.5. The van der Waals surface area contributed by atoms with Crippen LogP contribution in [0.3, 0.4) is 0 Å². The molecule has 3 rings (SSSR count). The van der Waals surface area contributed by atoms with Crippen LogP contribution in [0, 0.1) is 0 Å². The highest BCUT2D eigenvalue weighted by atomic mass is 16.5. The Balaban J connectivity index is 1.56. The first kappa shape index (κ1) is 17.5. The van der Waals surface area contributed by atoms with Crippen molar-refractivity contribution in [3.05, 3.63) is 54.4 Å². The Hall–Kier alpha value is -3.35. The summed E-state index contributed by atoms with van der Waals surface area (Å²) in [4.78, 5) is 12.1. The van der Waals surface area contributed by atoms with Crippen LogP contribution in [0.1, 0.15) is 12.3 Å². The molecule has 7 heteroatoms. The summed E-state index contributed by atoms with van der Waals surface area (Å²) in [5.74, 6) is 2.12. The first-order chi connectivity index (χ1) is 12.7. The van der Waals surface area contributed by atoms with E-state index < -0.39 is 0 Å². The summed E-state index contributed by atoms with van der Waals surface area (Å²) >= 11 is 0. The predicted molar refractivity (Wildman–Crippen MR) is 96.2 cm³/mol. The highest BCUT2D eigenvalue weighted by molar-refractivity contribution is 5.90. The molecule has 1 aromatic heterocycles. The number of aryl methyl sites for hydroxylation is 1. The van der Waals surface area contributed by atoms with Crippen LogP contribution in [0.4, 0.5) is 5.69 Å². The van der Waals surface area contributed by atoms with Gasteiger partial charge in [-0.05, 0) is 42.5 Å². The number of hydrogen-bond donors (Lipinski definition) is 1. The van der Waals surface area contributed by atoms with Gasteiger partial charge in [0.15, 0.2) is 0 Å². The zero-order valence-electron chi connectivity index (χ0n) is 14.6. The Labute approximate surface area is 151 Å². The van der Waals surface area contributed by atoms with Crippen LogP contribution < -0.4 is 14.8 Å². The minimum absolute atomic E-state index is 0.128. The van der Waals surface area contributed by atoms with E-state index in [2.05, 4.69) is 15.5 Å². The topological polar surface area (TPSA) is 86.5 Å². The average molecular weight is 353 g/mol. The third kappa shape index (κ3) is 4.38. The van der Waals surface area contributed by atoms with E-state index in [1.165, 1.54) is 0 Å². The van der Waals surface area contributed by atoms with Crippen LogP contribution in [0.2, 0.25) is 0 Å². The molecule has 1 amide bonds. The van der Waals surface area contributed by atoms with Crippen molar-refractivity contribution in [2.45, 2.75) is 12.8 Å². The molecule has 0 aliphatic carbocycles. The lowest BCUT2D eigenvalue weighted by Crippen LogP contribution is -2.12. The highest BCUT2D eigenvalue weighted by Gasteiger charge is 2.11. The molecule has 2 aromatic carbocycles. The Morgan fingerprint density at radius 3 is 2.54 bits per heavy atom. The standard InChI is InChI=1S/C19H19N3O4/c1-24-15-8-6-14(7-9-15)20-17(23)10-11-18-21-22-19(26-18)13-4-3-5-16(12-13)25-2/h3-9,12H,10-11H2,1-2H3,(H,20,23). The predicted octanol–water partition coefficient (Wildman–Crippen LogP) is 3.33. The lowest BCUT2D eigenvalue weighted by molar-refractivity contribution is -0.116. The molecule has 134 valence electrons. The molecule has 7 nitrogen and oxygen atoms in total. The zero-order valence-corrected chi connectivity index (χ0v) is 14.6. The van der Waals surface area contributed by atoms with Gasteiger partial charge in [0.1, 0.15) is 11.5 Å². The van der Waals surface area contributed by atoms with Crippen molar-refractivity contribution in [1.29, 1.82) is 0 Å². The maximum Gasteiger partial charge on any atom is 0.247 e. The number of methoxy groups -OCH3 is 2. The van der Waals surface area contributed by atoms with Crippen LogP contribution in [0.5, 0.6) is 11.5 Å². The van der Waals surface area contributed by atoms with E-state index in [4.69, 9.17) is 13.9 Å². The molecule has 0 bridgehead atoms. The van der Waals surface area contributed by atoms with Gasteiger partial charge in [-0.1, -0.05) is 6.07 Å². The highest BCUT2D eigenvalue weighted by Crippen LogP contribution is 2.23. The van der Waals surface area contributed by atoms with Crippen molar-refractivity contribution in [3.8, 4) is 23.0 Å². The molecular formula is C19H19N3O4. The number of carbonyl (C=O) groups excluding carboxylic acids is 1. The maximum atomic E-state index is 12.1. The lowest BCUT2D eigenvalue weighted by Gasteiger charge is -2.05. The van der Waals surface area contributed by atoms with Crippen molar-refractivity contribution >= 4 is 11.6 Å². The molecule has 0 aliphatic rings. The van der Waals surface area contributed by atoms with Crippen molar-refractivity contribution in [3.63, 3.8) is 0 Å². The number of rotatable bonds is 7. The molecule has 0 unspecified atom stereocenters. The minimum atomic E-state index is -0.128. The van der Waals surface area contributed by atoms with E-state index >= 15 is 0 Å². The monoisotopic (exact) mass is 353 g/mol. The van der Waals surface area contributed by atoms with Gasteiger partial charge in [0.05, 0.1) is 14.2 Å². The quantitative estimate of drug-likeness (QED) is 0.701. The van der Waals surface area contributed by atoms with E-state index in [0.717, 1.165) is 11.3 Å². The summed E-state index contributed by atoms with van der Waals surface area (Å²) in [6.07, 6.45) is 0.602. The summed E-state index contributed by atoms with van der Waals surface area (Å²) in [7, 11) is 3.19. The van der Waals surface area contributed by atoms with Gasteiger partial charge in [-0.15, -0.1) is 10.2 Å². The van der Waals surface area contributed by atoms with E-state index in [1.807, 2.05) is 24.3 Å². The molecule has 1 N–H and O–H groups in total. The van der Waals surface area contributed by atoms with E-state index in [0.29, 0.717) is 29.6 Å². The Morgan fingerprint density at radius 2 is 1.81 bits per heavy atom. The molecule has 0 atom stereocenters. The molecule has 0 spiro atoms. The van der Waals surface area contributed by atoms with Crippen LogP contribution in [-0.4, -0.2) is 30.3 Å². The number of aromatic nitrogens is 2. The fraction of sp³-hybridized carbons (Fsp3) is 0.211. The molecular weight excluding hydrogens is 334 g/mol. The minimum Gasteiger partial charge on any atom is -0.497 e. The summed E-state index contributed by atoms with van der Waals surface area (Å²) < 4.78 is 15.9. The third-order valence-electron chi connectivity index (χ3n) is 3.72. The number of carbonyl (C=O) groups is 1. The summed E-state index contributed by atoms with van der Waals surface area (Å²) in [5.41, 5.74) is 1.48. The van der Waals surface area contributed by atoms with Crippen LogP contribution in [0.15, 0.2) is 52.9 Å². The number of nitrogens with zero attached hydrogens (tertiary/aromatic N) is 2. The SMILES string of the molecule is COc1ccc(NC(=O)CCc2nnc(-c3cccc(OC)c3)o2)cc1. The lowest BCUT2D eigenvalue weighted by atomic mass is 10.2. The fourth-order valence-corrected chi connectivity index (χ4v) is 2.35. The van der Waals surface area contributed by atoms with Gasteiger partial charge in [-0.25, -0.2) is 0 Å². The molecule has 0 radical (unpaired) electrons. The Kier molecular flexibility index (Phi) is 5.48. The summed E-state index contributed by atoms with van der Waals surface area (Å²) in [5, 5.41) is 10.8. The van der Waals surface area contributed by atoms with Gasteiger partial charge in [0, 0.05) is 24.1 Å². The first-order valence-electron chi connectivity index (χ1n) is 8.08. The molecule has 0 saturated carbocycles. The van der Waals surface area contributed by atoms with Gasteiger partial charge >= 0.3 is 0 Å². The van der Waals surface area contributed by atoms with Gasteiger partial charge in [0.25, 0.3) is 0 Å². The van der Waals surface area contributed by atoms with Gasteiger partial charge in [-0.2, -0.15) is 0 Å². The normalized spacial score (nSPS) is 10.4. The maximum absolute atomic E-state index is 12.1. The fourth-order valence-electron chi connectivity index (χ4n) is 2.35. The smallest absolute Gasteiger partial charge is 0.247 e. The van der Waals surface area contributed by atoms with Crippen molar-refractivity contribution in [2.75, 3.05) is 19.5 Å². The number of amides is 1.